The van der Waals surface area contributed by atoms with Crippen molar-refractivity contribution in [2.45, 2.75) is 46.1 Å². The molecular formula is C16H24N2O. The van der Waals surface area contributed by atoms with Crippen LogP contribution in [-0.2, 0) is 0 Å². The molecule has 0 saturated heterocycles. The molecule has 0 bridgehead atoms. The zero-order valence-corrected chi connectivity index (χ0v) is 12.2. The Morgan fingerprint density at radius 3 is 2.84 bits per heavy atom. The molecule has 1 aromatic carbocycles. The van der Waals surface area contributed by atoms with Crippen molar-refractivity contribution in [3.8, 4) is 11.8 Å². The first-order valence-electron chi connectivity index (χ1n) is 7.02. The van der Waals surface area contributed by atoms with Gasteiger partial charge in [-0.3, -0.25) is 0 Å². The van der Waals surface area contributed by atoms with E-state index in [1.54, 1.807) is 0 Å². The summed E-state index contributed by atoms with van der Waals surface area (Å²) in [6.45, 7) is 7.95. The lowest BCUT2D eigenvalue weighted by Crippen LogP contribution is -2.18. The van der Waals surface area contributed by atoms with Gasteiger partial charge in [0, 0.05) is 18.0 Å². The smallest absolute Gasteiger partial charge is 0.124 e. The van der Waals surface area contributed by atoms with Crippen LogP contribution in [0.4, 0.5) is 0 Å². The van der Waals surface area contributed by atoms with Crippen LogP contribution in [0.3, 0.4) is 0 Å². The minimum atomic E-state index is 0.291. The van der Waals surface area contributed by atoms with Crippen LogP contribution >= 0.6 is 0 Å². The number of aryl methyl sites for hydroxylation is 1. The molecule has 0 aliphatic carbocycles. The standard InChI is InChI=1S/C16H24N2O/c1-4-18-14(3)15-9-8-13(2)12-16(15)19-11-7-5-6-10-17/h8-9,12,14,18H,4-7,11H2,1-3H3. The summed E-state index contributed by atoms with van der Waals surface area (Å²) in [5.74, 6) is 0.963. The molecule has 3 heteroatoms. The molecule has 0 aliphatic heterocycles. The molecule has 1 unspecified atom stereocenters. The fraction of sp³-hybridized carbons (Fsp3) is 0.562. The lowest BCUT2D eigenvalue weighted by Gasteiger charge is -2.18. The second-order valence-electron chi connectivity index (χ2n) is 4.78. The number of rotatable bonds is 8. The molecule has 104 valence electrons. The van der Waals surface area contributed by atoms with Crippen LogP contribution in [0.2, 0.25) is 0 Å². The molecule has 0 amide bonds. The van der Waals surface area contributed by atoms with Gasteiger partial charge in [-0.05, 0) is 44.9 Å². The van der Waals surface area contributed by atoms with E-state index in [1.165, 1.54) is 11.1 Å². The van der Waals surface area contributed by atoms with Crippen molar-refractivity contribution in [3.63, 3.8) is 0 Å². The highest BCUT2D eigenvalue weighted by Crippen LogP contribution is 2.26. The summed E-state index contributed by atoms with van der Waals surface area (Å²) >= 11 is 0. The van der Waals surface area contributed by atoms with E-state index < -0.39 is 0 Å². The highest BCUT2D eigenvalue weighted by molar-refractivity contribution is 5.39. The van der Waals surface area contributed by atoms with Gasteiger partial charge in [0.25, 0.3) is 0 Å². The van der Waals surface area contributed by atoms with Crippen molar-refractivity contribution in [3.05, 3.63) is 29.3 Å². The van der Waals surface area contributed by atoms with Crippen molar-refractivity contribution in [1.82, 2.24) is 5.32 Å². The number of ether oxygens (including phenoxy) is 1. The number of nitriles is 1. The number of benzene rings is 1. The molecule has 19 heavy (non-hydrogen) atoms. The van der Waals surface area contributed by atoms with Crippen molar-refractivity contribution in [2.75, 3.05) is 13.2 Å². The van der Waals surface area contributed by atoms with Crippen LogP contribution < -0.4 is 10.1 Å². The Morgan fingerprint density at radius 2 is 2.16 bits per heavy atom. The molecule has 0 spiro atoms. The first kappa shape index (κ1) is 15.5. The lowest BCUT2D eigenvalue weighted by atomic mass is 10.0. The third-order valence-electron chi connectivity index (χ3n) is 3.09. The number of nitrogens with zero attached hydrogens (tertiary/aromatic N) is 1. The van der Waals surface area contributed by atoms with Gasteiger partial charge in [-0.2, -0.15) is 5.26 Å². The fourth-order valence-electron chi connectivity index (χ4n) is 2.03. The van der Waals surface area contributed by atoms with Crippen molar-refractivity contribution < 1.29 is 4.74 Å². The van der Waals surface area contributed by atoms with Crippen molar-refractivity contribution >= 4 is 0 Å². The predicted octanol–water partition coefficient (Wildman–Crippen LogP) is 3.74. The summed E-state index contributed by atoms with van der Waals surface area (Å²) in [5.41, 5.74) is 2.41. The average molecular weight is 260 g/mol. The first-order chi connectivity index (χ1) is 9.19. The third kappa shape index (κ3) is 5.32. The van der Waals surface area contributed by atoms with Gasteiger partial charge >= 0.3 is 0 Å². The van der Waals surface area contributed by atoms with Gasteiger partial charge in [-0.15, -0.1) is 0 Å². The maximum Gasteiger partial charge on any atom is 0.124 e. The van der Waals surface area contributed by atoms with Gasteiger partial charge < -0.3 is 10.1 Å². The SMILES string of the molecule is CCNC(C)c1ccc(C)cc1OCCCCC#N. The molecule has 0 heterocycles. The lowest BCUT2D eigenvalue weighted by molar-refractivity contribution is 0.301. The molecule has 1 rings (SSSR count). The molecular weight excluding hydrogens is 236 g/mol. The molecule has 0 fully saturated rings. The number of unbranched alkanes of at least 4 members (excludes halogenated alkanes) is 2. The summed E-state index contributed by atoms with van der Waals surface area (Å²) in [7, 11) is 0. The van der Waals surface area contributed by atoms with Crippen LogP contribution in [0.15, 0.2) is 18.2 Å². The van der Waals surface area contributed by atoms with Gasteiger partial charge in [-0.1, -0.05) is 19.1 Å². The number of hydrogen-bond acceptors (Lipinski definition) is 3. The van der Waals surface area contributed by atoms with E-state index in [1.807, 2.05) is 0 Å². The van der Waals surface area contributed by atoms with E-state index in [0.29, 0.717) is 19.1 Å². The van der Waals surface area contributed by atoms with Gasteiger partial charge in [0.05, 0.1) is 12.7 Å². The molecule has 0 aliphatic rings. The Bertz CT molecular complexity index is 423. The monoisotopic (exact) mass is 260 g/mol. The van der Waals surface area contributed by atoms with Gasteiger partial charge in [0.15, 0.2) is 0 Å². The van der Waals surface area contributed by atoms with Crippen LogP contribution in [-0.4, -0.2) is 13.2 Å². The zero-order chi connectivity index (χ0) is 14.1. The van der Waals surface area contributed by atoms with E-state index in [4.69, 9.17) is 10.00 Å². The molecule has 0 radical (unpaired) electrons. The largest absolute Gasteiger partial charge is 0.493 e. The topological polar surface area (TPSA) is 45.0 Å². The quantitative estimate of drug-likeness (QED) is 0.724. The molecule has 1 N–H and O–H groups in total. The Kier molecular flexibility index (Phi) is 6.99. The van der Waals surface area contributed by atoms with E-state index in [-0.39, 0.29) is 0 Å². The molecule has 1 atom stereocenters. The summed E-state index contributed by atoms with van der Waals surface area (Å²) in [6, 6.07) is 8.79. The van der Waals surface area contributed by atoms with E-state index >= 15 is 0 Å². The first-order valence-corrected chi connectivity index (χ1v) is 7.02. The Hall–Kier alpha value is -1.53. The summed E-state index contributed by atoms with van der Waals surface area (Å²) in [4.78, 5) is 0. The Balaban J connectivity index is 2.64. The highest BCUT2D eigenvalue weighted by atomic mass is 16.5. The number of hydrogen-bond donors (Lipinski definition) is 1. The third-order valence-corrected chi connectivity index (χ3v) is 3.09. The molecule has 0 aromatic heterocycles. The van der Waals surface area contributed by atoms with Gasteiger partial charge in [0.2, 0.25) is 0 Å². The highest BCUT2D eigenvalue weighted by Gasteiger charge is 2.10. The van der Waals surface area contributed by atoms with Crippen LogP contribution in [0.1, 0.15) is 50.3 Å². The van der Waals surface area contributed by atoms with Crippen molar-refractivity contribution in [1.29, 1.82) is 5.26 Å². The summed E-state index contributed by atoms with van der Waals surface area (Å²) in [5, 5.41) is 11.9. The van der Waals surface area contributed by atoms with Crippen LogP contribution in [0.25, 0.3) is 0 Å². The fourth-order valence-corrected chi connectivity index (χ4v) is 2.03. The summed E-state index contributed by atoms with van der Waals surface area (Å²) in [6.07, 6.45) is 2.44. The Morgan fingerprint density at radius 1 is 1.37 bits per heavy atom. The summed E-state index contributed by atoms with van der Waals surface area (Å²) < 4.78 is 5.88. The van der Waals surface area contributed by atoms with E-state index in [9.17, 15) is 0 Å². The predicted molar refractivity (Wildman–Crippen MR) is 78.2 cm³/mol. The molecule has 0 saturated carbocycles. The normalized spacial score (nSPS) is 11.9. The number of nitrogens with one attached hydrogen (secondary N) is 1. The van der Waals surface area contributed by atoms with E-state index in [2.05, 4.69) is 50.4 Å². The van der Waals surface area contributed by atoms with Crippen LogP contribution in [0.5, 0.6) is 5.75 Å². The second-order valence-corrected chi connectivity index (χ2v) is 4.78. The van der Waals surface area contributed by atoms with E-state index in [0.717, 1.165) is 25.1 Å². The molecule has 1 aromatic rings. The van der Waals surface area contributed by atoms with Crippen molar-refractivity contribution in [2.24, 2.45) is 0 Å². The second kappa shape index (κ2) is 8.55. The maximum absolute atomic E-state index is 8.50. The zero-order valence-electron chi connectivity index (χ0n) is 12.2. The minimum absolute atomic E-state index is 0.291. The molecule has 3 nitrogen and oxygen atoms in total. The minimum Gasteiger partial charge on any atom is -0.493 e. The average Bonchev–Trinajstić information content (AvgIpc) is 2.39. The Labute approximate surface area is 116 Å². The van der Waals surface area contributed by atoms with Gasteiger partial charge in [-0.25, -0.2) is 0 Å². The maximum atomic E-state index is 8.50. The van der Waals surface area contributed by atoms with Gasteiger partial charge in [0.1, 0.15) is 5.75 Å². The van der Waals surface area contributed by atoms with Crippen LogP contribution in [0, 0.1) is 18.3 Å².